The maximum absolute atomic E-state index is 12.1. The van der Waals surface area contributed by atoms with Gasteiger partial charge in [-0.15, -0.1) is 0 Å². The van der Waals surface area contributed by atoms with E-state index in [4.69, 9.17) is 0 Å². The number of rotatable bonds is 4. The molecule has 3 rings (SSSR count). The minimum atomic E-state index is -0.0330. The number of benzene rings is 2. The van der Waals surface area contributed by atoms with Gasteiger partial charge in [-0.05, 0) is 29.2 Å². The Bertz CT molecular complexity index is 793. The first-order valence-electron chi connectivity index (χ1n) is 7.36. The van der Waals surface area contributed by atoms with Crippen molar-refractivity contribution in [3.05, 3.63) is 59.7 Å². The second-order valence-electron chi connectivity index (χ2n) is 5.61. The predicted octanol–water partition coefficient (Wildman–Crippen LogP) is 4.60. The van der Waals surface area contributed by atoms with Crippen molar-refractivity contribution in [2.24, 2.45) is 0 Å². The van der Waals surface area contributed by atoms with E-state index in [2.05, 4.69) is 36.3 Å². The monoisotopic (exact) mass is 310 g/mol. The van der Waals surface area contributed by atoms with Crippen molar-refractivity contribution in [3.63, 3.8) is 0 Å². The first kappa shape index (κ1) is 14.7. The van der Waals surface area contributed by atoms with Crippen LogP contribution in [0.15, 0.2) is 48.5 Å². The lowest BCUT2D eigenvalue weighted by atomic mass is 10.0. The molecule has 1 N–H and O–H groups in total. The lowest BCUT2D eigenvalue weighted by Crippen LogP contribution is -2.13. The quantitative estimate of drug-likeness (QED) is 0.765. The van der Waals surface area contributed by atoms with Crippen LogP contribution in [0.1, 0.15) is 30.9 Å². The van der Waals surface area contributed by atoms with E-state index in [0.29, 0.717) is 17.5 Å². The molecule has 1 aromatic heterocycles. The second-order valence-corrected chi connectivity index (χ2v) is 6.64. The minimum Gasteiger partial charge on any atom is -0.302 e. The number of nitrogens with one attached hydrogen (secondary N) is 1. The van der Waals surface area contributed by atoms with Crippen molar-refractivity contribution in [2.75, 3.05) is 5.32 Å². The van der Waals surface area contributed by atoms with Crippen molar-refractivity contribution in [1.82, 2.24) is 4.98 Å². The summed E-state index contributed by atoms with van der Waals surface area (Å²) < 4.78 is 1.11. The molecular weight excluding hydrogens is 292 g/mol. The standard InChI is InChI=1S/C18H18N2OS/c1-12(2)14-8-9-15-16(11-14)22-18(19-15)20-17(21)10-13-6-4-3-5-7-13/h3-9,11-12H,10H2,1-2H3,(H,19,20,21). The maximum Gasteiger partial charge on any atom is 0.230 e. The van der Waals surface area contributed by atoms with Gasteiger partial charge in [-0.2, -0.15) is 0 Å². The molecule has 3 aromatic rings. The largest absolute Gasteiger partial charge is 0.302 e. The minimum absolute atomic E-state index is 0.0330. The molecule has 0 aliphatic carbocycles. The van der Waals surface area contributed by atoms with Crippen LogP contribution in [0.5, 0.6) is 0 Å². The average molecular weight is 310 g/mol. The summed E-state index contributed by atoms with van der Waals surface area (Å²) >= 11 is 1.52. The van der Waals surface area contributed by atoms with Crippen LogP contribution in [0, 0.1) is 0 Å². The predicted molar refractivity (Wildman–Crippen MR) is 92.5 cm³/mol. The van der Waals surface area contributed by atoms with Crippen molar-refractivity contribution < 1.29 is 4.79 Å². The number of aromatic nitrogens is 1. The molecular formula is C18H18N2OS. The van der Waals surface area contributed by atoms with Gasteiger partial charge in [0.05, 0.1) is 16.6 Å². The number of hydrogen-bond donors (Lipinski definition) is 1. The van der Waals surface area contributed by atoms with Crippen molar-refractivity contribution in [2.45, 2.75) is 26.2 Å². The van der Waals surface area contributed by atoms with E-state index in [0.717, 1.165) is 15.8 Å². The molecule has 4 heteroatoms. The third-order valence-electron chi connectivity index (χ3n) is 3.53. The Morgan fingerprint density at radius 3 is 2.68 bits per heavy atom. The molecule has 2 aromatic carbocycles. The van der Waals surface area contributed by atoms with Crippen LogP contribution >= 0.6 is 11.3 Å². The highest BCUT2D eigenvalue weighted by atomic mass is 32.1. The molecule has 0 unspecified atom stereocenters. The van der Waals surface area contributed by atoms with Gasteiger partial charge in [0.15, 0.2) is 5.13 Å². The normalized spacial score (nSPS) is 11.0. The topological polar surface area (TPSA) is 42.0 Å². The van der Waals surface area contributed by atoms with Crippen LogP contribution in [0.3, 0.4) is 0 Å². The van der Waals surface area contributed by atoms with Gasteiger partial charge in [-0.1, -0.05) is 61.6 Å². The van der Waals surface area contributed by atoms with E-state index in [1.165, 1.54) is 16.9 Å². The zero-order chi connectivity index (χ0) is 15.5. The zero-order valence-corrected chi connectivity index (χ0v) is 13.5. The van der Waals surface area contributed by atoms with Crippen molar-refractivity contribution >= 4 is 32.6 Å². The summed E-state index contributed by atoms with van der Waals surface area (Å²) in [6, 6.07) is 16.0. The molecule has 0 atom stereocenters. The molecule has 3 nitrogen and oxygen atoms in total. The molecule has 0 saturated heterocycles. The van der Waals surface area contributed by atoms with Crippen LogP contribution in [0.25, 0.3) is 10.2 Å². The van der Waals surface area contributed by atoms with Crippen LogP contribution in [0.2, 0.25) is 0 Å². The third kappa shape index (κ3) is 3.34. The molecule has 0 radical (unpaired) electrons. The molecule has 0 aliphatic rings. The molecule has 22 heavy (non-hydrogen) atoms. The fourth-order valence-electron chi connectivity index (χ4n) is 2.30. The molecule has 0 saturated carbocycles. The fraction of sp³-hybridized carbons (Fsp3) is 0.222. The molecule has 112 valence electrons. The number of fused-ring (bicyclic) bond motifs is 1. The zero-order valence-electron chi connectivity index (χ0n) is 12.7. The van der Waals surface area contributed by atoms with Crippen molar-refractivity contribution in [1.29, 1.82) is 0 Å². The summed E-state index contributed by atoms with van der Waals surface area (Å²) in [5.41, 5.74) is 3.23. The average Bonchev–Trinajstić information content (AvgIpc) is 2.89. The summed E-state index contributed by atoms with van der Waals surface area (Å²) in [4.78, 5) is 16.6. The van der Waals surface area contributed by atoms with Gasteiger partial charge in [0.1, 0.15) is 0 Å². The summed E-state index contributed by atoms with van der Waals surface area (Å²) in [6.45, 7) is 4.34. The highest BCUT2D eigenvalue weighted by Crippen LogP contribution is 2.29. The van der Waals surface area contributed by atoms with Crippen LogP contribution in [0.4, 0.5) is 5.13 Å². The number of carbonyl (C=O) groups excluding carboxylic acids is 1. The Morgan fingerprint density at radius 1 is 1.18 bits per heavy atom. The van der Waals surface area contributed by atoms with Crippen LogP contribution in [-0.4, -0.2) is 10.9 Å². The summed E-state index contributed by atoms with van der Waals surface area (Å²) in [6.07, 6.45) is 0.369. The number of anilines is 1. The van der Waals surface area contributed by atoms with Gasteiger partial charge in [0.25, 0.3) is 0 Å². The molecule has 0 spiro atoms. The van der Waals surface area contributed by atoms with Gasteiger partial charge in [0.2, 0.25) is 5.91 Å². The highest BCUT2D eigenvalue weighted by Gasteiger charge is 2.09. The van der Waals surface area contributed by atoms with Gasteiger partial charge in [0, 0.05) is 0 Å². The Morgan fingerprint density at radius 2 is 1.95 bits per heavy atom. The van der Waals surface area contributed by atoms with E-state index < -0.39 is 0 Å². The Labute approximate surface area is 134 Å². The Kier molecular flexibility index (Phi) is 4.20. The fourth-order valence-corrected chi connectivity index (χ4v) is 3.23. The van der Waals surface area contributed by atoms with Gasteiger partial charge >= 0.3 is 0 Å². The summed E-state index contributed by atoms with van der Waals surface area (Å²) in [5.74, 6) is 0.456. The SMILES string of the molecule is CC(C)c1ccc2nc(NC(=O)Cc3ccccc3)sc2c1. The van der Waals surface area contributed by atoms with Crippen LogP contribution in [-0.2, 0) is 11.2 Å². The number of carbonyl (C=O) groups is 1. The molecule has 0 bridgehead atoms. The number of nitrogens with zero attached hydrogens (tertiary/aromatic N) is 1. The Balaban J connectivity index is 1.75. The first-order chi connectivity index (χ1) is 10.6. The van der Waals surface area contributed by atoms with Crippen molar-refractivity contribution in [3.8, 4) is 0 Å². The Hall–Kier alpha value is -2.20. The first-order valence-corrected chi connectivity index (χ1v) is 8.18. The van der Waals surface area contributed by atoms with Gasteiger partial charge < -0.3 is 5.32 Å². The van der Waals surface area contributed by atoms with E-state index >= 15 is 0 Å². The molecule has 0 aliphatic heterocycles. The lowest BCUT2D eigenvalue weighted by Gasteiger charge is -2.03. The molecule has 1 amide bonds. The van der Waals surface area contributed by atoms with Crippen LogP contribution < -0.4 is 5.32 Å². The van der Waals surface area contributed by atoms with E-state index in [1.54, 1.807) is 0 Å². The van der Waals surface area contributed by atoms with E-state index in [-0.39, 0.29) is 5.91 Å². The maximum atomic E-state index is 12.1. The van der Waals surface area contributed by atoms with Gasteiger partial charge in [-0.3, -0.25) is 4.79 Å². The number of amides is 1. The number of hydrogen-bond acceptors (Lipinski definition) is 3. The lowest BCUT2D eigenvalue weighted by molar-refractivity contribution is -0.115. The van der Waals surface area contributed by atoms with E-state index in [1.807, 2.05) is 36.4 Å². The van der Waals surface area contributed by atoms with E-state index in [9.17, 15) is 4.79 Å². The molecule has 0 fully saturated rings. The number of thiazole rings is 1. The highest BCUT2D eigenvalue weighted by molar-refractivity contribution is 7.22. The molecule has 1 heterocycles. The summed E-state index contributed by atoms with van der Waals surface area (Å²) in [5, 5.41) is 3.56. The third-order valence-corrected chi connectivity index (χ3v) is 4.47. The second kappa shape index (κ2) is 6.28. The summed E-state index contributed by atoms with van der Waals surface area (Å²) in [7, 11) is 0. The smallest absolute Gasteiger partial charge is 0.230 e. The van der Waals surface area contributed by atoms with Gasteiger partial charge in [-0.25, -0.2) is 4.98 Å².